The van der Waals surface area contributed by atoms with Gasteiger partial charge in [0, 0.05) is 31.9 Å². The van der Waals surface area contributed by atoms with Crippen molar-refractivity contribution in [3.05, 3.63) is 24.0 Å². The molecule has 0 spiro atoms. The molecule has 126 valence electrons. The van der Waals surface area contributed by atoms with Crippen molar-refractivity contribution in [1.29, 1.82) is 0 Å². The number of carbonyl (C=O) groups excluding carboxylic acids is 2. The summed E-state index contributed by atoms with van der Waals surface area (Å²) >= 11 is 0. The summed E-state index contributed by atoms with van der Waals surface area (Å²) in [5.74, 6) is -0.300. The monoisotopic (exact) mass is 320 g/mol. The van der Waals surface area contributed by atoms with Crippen LogP contribution in [-0.2, 0) is 9.53 Å². The lowest BCUT2D eigenvalue weighted by molar-refractivity contribution is -0.119. The maximum Gasteiger partial charge on any atom is 0.270 e. The van der Waals surface area contributed by atoms with E-state index in [2.05, 4.69) is 4.57 Å². The number of nitrogens with two attached hydrogens (primary N) is 1. The van der Waals surface area contributed by atoms with Crippen molar-refractivity contribution in [3.63, 3.8) is 0 Å². The molecule has 1 saturated carbocycles. The molecule has 1 aliphatic carbocycles. The smallest absolute Gasteiger partial charge is 0.270 e. The van der Waals surface area contributed by atoms with E-state index in [1.165, 1.54) is 0 Å². The summed E-state index contributed by atoms with van der Waals surface area (Å²) in [6, 6.07) is 4.32. The van der Waals surface area contributed by atoms with Gasteiger partial charge in [-0.25, -0.2) is 0 Å². The molecule has 1 saturated heterocycles. The van der Waals surface area contributed by atoms with Crippen LogP contribution in [0.2, 0.25) is 0 Å². The van der Waals surface area contributed by atoms with E-state index >= 15 is 0 Å². The second kappa shape index (κ2) is 6.72. The lowest BCUT2D eigenvalue weighted by atomic mass is 10.2. The van der Waals surface area contributed by atoms with E-state index < -0.39 is 0 Å². The Kier molecular flexibility index (Phi) is 4.68. The van der Waals surface area contributed by atoms with Crippen molar-refractivity contribution < 1.29 is 14.3 Å². The summed E-state index contributed by atoms with van der Waals surface area (Å²) < 4.78 is 7.81. The molecule has 23 heavy (non-hydrogen) atoms. The lowest BCUT2D eigenvalue weighted by Crippen LogP contribution is -2.50. The van der Waals surface area contributed by atoms with Gasteiger partial charge in [-0.2, -0.15) is 0 Å². The molecule has 0 aromatic carbocycles. The highest BCUT2D eigenvalue weighted by Crippen LogP contribution is 2.36. The molecular weight excluding hydrogens is 296 g/mol. The van der Waals surface area contributed by atoms with Gasteiger partial charge < -0.3 is 19.9 Å². The summed E-state index contributed by atoms with van der Waals surface area (Å²) in [7, 11) is 1.83. The largest absolute Gasteiger partial charge is 0.373 e. The van der Waals surface area contributed by atoms with Crippen LogP contribution in [0.15, 0.2) is 18.3 Å². The number of ether oxygens (including phenoxy) is 1. The van der Waals surface area contributed by atoms with Crippen LogP contribution in [0.4, 0.5) is 0 Å². The van der Waals surface area contributed by atoms with Crippen LogP contribution in [-0.4, -0.2) is 72.1 Å². The zero-order valence-corrected chi connectivity index (χ0v) is 13.5. The number of nitrogens with zero attached hydrogens (tertiary/aromatic N) is 3. The first-order chi connectivity index (χ1) is 11.0. The van der Waals surface area contributed by atoms with Gasteiger partial charge in [-0.15, -0.1) is 0 Å². The van der Waals surface area contributed by atoms with E-state index in [9.17, 15) is 9.59 Å². The summed E-state index contributed by atoms with van der Waals surface area (Å²) in [5.41, 5.74) is 5.96. The molecule has 3 rings (SSSR count). The average Bonchev–Trinajstić information content (AvgIpc) is 3.23. The number of primary amides is 1. The van der Waals surface area contributed by atoms with Crippen molar-refractivity contribution in [3.8, 4) is 0 Å². The minimum atomic E-state index is -0.362. The van der Waals surface area contributed by atoms with Gasteiger partial charge in [0.05, 0.1) is 19.3 Å². The fraction of sp³-hybridized carbons (Fsp3) is 0.625. The summed E-state index contributed by atoms with van der Waals surface area (Å²) in [6.07, 6.45) is 4.20. The number of hydrogen-bond acceptors (Lipinski definition) is 4. The molecule has 2 fully saturated rings. The van der Waals surface area contributed by atoms with E-state index in [-0.39, 0.29) is 24.5 Å². The molecule has 7 nitrogen and oxygen atoms in total. The van der Waals surface area contributed by atoms with Crippen LogP contribution < -0.4 is 5.73 Å². The number of carbonyl (C=O) groups is 2. The van der Waals surface area contributed by atoms with Crippen molar-refractivity contribution in [1.82, 2.24) is 14.4 Å². The third kappa shape index (κ3) is 3.92. The topological polar surface area (TPSA) is 80.8 Å². The molecule has 0 unspecified atom stereocenters. The number of hydrogen-bond donors (Lipinski definition) is 1. The Hall–Kier alpha value is -1.86. The number of rotatable bonds is 6. The maximum absolute atomic E-state index is 12.8. The van der Waals surface area contributed by atoms with Crippen LogP contribution in [0.3, 0.4) is 0 Å². The average molecular weight is 320 g/mol. The molecule has 1 aromatic rings. The summed E-state index contributed by atoms with van der Waals surface area (Å²) in [5, 5.41) is 0. The standard InChI is InChI=1S/C16H24N4O3/c1-18(11-15(17)21)9-13-10-19(7-8-23-13)16(22)14-3-2-6-20(14)12-4-5-12/h2-3,6,12-13H,4-5,7-11H2,1H3,(H2,17,21)/t13-/m0/s1. The normalized spacial score (nSPS) is 21.7. The van der Waals surface area contributed by atoms with E-state index in [1.54, 1.807) is 0 Å². The van der Waals surface area contributed by atoms with E-state index in [0.29, 0.717) is 32.3 Å². The van der Waals surface area contributed by atoms with Gasteiger partial charge in [0.2, 0.25) is 5.91 Å². The first-order valence-electron chi connectivity index (χ1n) is 8.09. The van der Waals surface area contributed by atoms with Gasteiger partial charge >= 0.3 is 0 Å². The first-order valence-corrected chi connectivity index (χ1v) is 8.09. The van der Waals surface area contributed by atoms with E-state index in [4.69, 9.17) is 10.5 Å². The number of amides is 2. The predicted octanol–water partition coefficient (Wildman–Crippen LogP) is 0.0811. The van der Waals surface area contributed by atoms with Crippen LogP contribution in [0.25, 0.3) is 0 Å². The zero-order valence-electron chi connectivity index (χ0n) is 13.5. The van der Waals surface area contributed by atoms with Crippen LogP contribution in [0.5, 0.6) is 0 Å². The zero-order chi connectivity index (χ0) is 16.4. The Labute approximate surface area is 136 Å². The minimum Gasteiger partial charge on any atom is -0.373 e. The van der Waals surface area contributed by atoms with E-state index in [0.717, 1.165) is 18.5 Å². The third-order valence-electron chi connectivity index (χ3n) is 4.31. The Balaban J connectivity index is 1.60. The van der Waals surface area contributed by atoms with Crippen molar-refractivity contribution in [2.24, 2.45) is 5.73 Å². The molecule has 0 radical (unpaired) electrons. The highest BCUT2D eigenvalue weighted by atomic mass is 16.5. The quantitative estimate of drug-likeness (QED) is 0.805. The molecule has 7 heteroatoms. The maximum atomic E-state index is 12.8. The van der Waals surface area contributed by atoms with Gasteiger partial charge in [0.25, 0.3) is 5.91 Å². The second-order valence-corrected chi connectivity index (χ2v) is 6.44. The highest BCUT2D eigenvalue weighted by molar-refractivity contribution is 5.93. The molecule has 1 atom stereocenters. The number of likely N-dealkylation sites (N-methyl/N-ethyl adjacent to an activating group) is 1. The van der Waals surface area contributed by atoms with Crippen LogP contribution in [0.1, 0.15) is 29.4 Å². The summed E-state index contributed by atoms with van der Waals surface area (Å²) in [4.78, 5) is 27.4. The van der Waals surface area contributed by atoms with Crippen molar-refractivity contribution in [2.45, 2.75) is 25.0 Å². The van der Waals surface area contributed by atoms with Gasteiger partial charge in [0.15, 0.2) is 0 Å². The highest BCUT2D eigenvalue weighted by Gasteiger charge is 2.31. The predicted molar refractivity (Wildman–Crippen MR) is 85.0 cm³/mol. The fourth-order valence-electron chi connectivity index (χ4n) is 3.10. The minimum absolute atomic E-state index is 0.0627. The summed E-state index contributed by atoms with van der Waals surface area (Å²) in [6.45, 7) is 2.43. The van der Waals surface area contributed by atoms with Crippen molar-refractivity contribution in [2.75, 3.05) is 39.8 Å². The third-order valence-corrected chi connectivity index (χ3v) is 4.31. The van der Waals surface area contributed by atoms with Crippen molar-refractivity contribution >= 4 is 11.8 Å². The molecule has 2 amide bonds. The second-order valence-electron chi connectivity index (χ2n) is 6.44. The van der Waals surface area contributed by atoms with E-state index in [1.807, 2.05) is 35.2 Å². The molecule has 2 N–H and O–H groups in total. The molecule has 0 bridgehead atoms. The Morgan fingerprint density at radius 3 is 2.91 bits per heavy atom. The molecule has 1 aromatic heterocycles. The van der Waals surface area contributed by atoms with Gasteiger partial charge in [-0.1, -0.05) is 0 Å². The van der Waals surface area contributed by atoms with Gasteiger partial charge in [0.1, 0.15) is 5.69 Å². The number of morpholine rings is 1. The lowest BCUT2D eigenvalue weighted by Gasteiger charge is -2.34. The molecule has 2 heterocycles. The molecule has 1 aliphatic heterocycles. The SMILES string of the molecule is CN(CC(N)=O)C[C@H]1CN(C(=O)c2cccn2C2CC2)CCO1. The number of aromatic nitrogens is 1. The Morgan fingerprint density at radius 2 is 2.22 bits per heavy atom. The van der Waals surface area contributed by atoms with Gasteiger partial charge in [-0.3, -0.25) is 14.5 Å². The van der Waals surface area contributed by atoms with Crippen LogP contribution in [0, 0.1) is 0 Å². The first kappa shape index (κ1) is 16.0. The molecular formula is C16H24N4O3. The fourth-order valence-corrected chi connectivity index (χ4v) is 3.10. The van der Waals surface area contributed by atoms with Gasteiger partial charge in [-0.05, 0) is 32.0 Å². The van der Waals surface area contributed by atoms with Crippen LogP contribution >= 0.6 is 0 Å². The Bertz CT molecular complexity index is 582. The molecule has 2 aliphatic rings. The Morgan fingerprint density at radius 1 is 1.43 bits per heavy atom.